The summed E-state index contributed by atoms with van der Waals surface area (Å²) in [5, 5.41) is 0. The fourth-order valence-electron chi connectivity index (χ4n) is 4.39. The van der Waals surface area contributed by atoms with E-state index in [1.54, 1.807) is 13.0 Å². The predicted molar refractivity (Wildman–Crippen MR) is 113 cm³/mol. The van der Waals surface area contributed by atoms with Gasteiger partial charge >= 0.3 is 0 Å². The van der Waals surface area contributed by atoms with Crippen molar-refractivity contribution in [3.8, 4) is 0 Å². The number of likely N-dealkylation sites (tertiary alicyclic amines) is 1. The van der Waals surface area contributed by atoms with Gasteiger partial charge in [0.2, 0.25) is 11.8 Å². The van der Waals surface area contributed by atoms with Crippen LogP contribution in [0.1, 0.15) is 39.2 Å². The lowest BCUT2D eigenvalue weighted by molar-refractivity contribution is -0.134. The van der Waals surface area contributed by atoms with Crippen LogP contribution in [0.3, 0.4) is 0 Å². The molecule has 2 aliphatic heterocycles. The van der Waals surface area contributed by atoms with Gasteiger partial charge in [0.05, 0.1) is 19.3 Å². The second-order valence-electron chi connectivity index (χ2n) is 8.92. The number of piperidine rings is 1. The van der Waals surface area contributed by atoms with Crippen molar-refractivity contribution < 1.29 is 18.7 Å². The van der Waals surface area contributed by atoms with Gasteiger partial charge in [-0.3, -0.25) is 14.5 Å². The first-order valence-corrected chi connectivity index (χ1v) is 10.9. The van der Waals surface area contributed by atoms with E-state index in [-0.39, 0.29) is 29.8 Å². The number of nitrogens with zero attached hydrogens (tertiary/aromatic N) is 3. The number of ether oxygens (including phenoxy) is 1. The predicted octanol–water partition coefficient (Wildman–Crippen LogP) is 2.52. The number of hydrogen-bond donors (Lipinski definition) is 0. The molecule has 1 atom stereocenters. The standard InChI is InChI=1S/C23H34FN3O3/c1-17(2)12-27-14-22(30-16-19-5-4-6-20(24)11-19)13-26(15-23(27)29)21-7-9-25(10-8-21)18(3)28/h4-6,11,17,21-22H,7-10,12-16H2,1-3H3. The molecular weight excluding hydrogens is 385 g/mol. The van der Waals surface area contributed by atoms with E-state index in [2.05, 4.69) is 18.7 Å². The van der Waals surface area contributed by atoms with Crippen LogP contribution in [-0.2, 0) is 20.9 Å². The molecule has 6 nitrogen and oxygen atoms in total. The molecule has 2 aliphatic rings. The van der Waals surface area contributed by atoms with Gasteiger partial charge < -0.3 is 14.5 Å². The van der Waals surface area contributed by atoms with Crippen molar-refractivity contribution in [2.24, 2.45) is 5.92 Å². The summed E-state index contributed by atoms with van der Waals surface area (Å²) in [7, 11) is 0. The van der Waals surface area contributed by atoms with E-state index in [0.29, 0.717) is 38.7 Å². The quantitative estimate of drug-likeness (QED) is 0.711. The second-order valence-corrected chi connectivity index (χ2v) is 8.92. The van der Waals surface area contributed by atoms with Crippen molar-refractivity contribution in [2.75, 3.05) is 39.3 Å². The van der Waals surface area contributed by atoms with Crippen LogP contribution in [0.15, 0.2) is 24.3 Å². The van der Waals surface area contributed by atoms with Crippen LogP contribution in [0.2, 0.25) is 0 Å². The lowest BCUT2D eigenvalue weighted by Gasteiger charge is -2.38. The molecule has 2 fully saturated rings. The van der Waals surface area contributed by atoms with E-state index in [9.17, 15) is 14.0 Å². The van der Waals surface area contributed by atoms with Crippen LogP contribution in [0.4, 0.5) is 4.39 Å². The first-order chi connectivity index (χ1) is 14.3. The van der Waals surface area contributed by atoms with Gasteiger partial charge in [0, 0.05) is 45.7 Å². The molecule has 0 N–H and O–H groups in total. The van der Waals surface area contributed by atoms with Gasteiger partial charge in [-0.1, -0.05) is 26.0 Å². The summed E-state index contributed by atoms with van der Waals surface area (Å²) >= 11 is 0. The summed E-state index contributed by atoms with van der Waals surface area (Å²) in [6.45, 7) is 9.91. The molecule has 2 amide bonds. The van der Waals surface area contributed by atoms with Gasteiger partial charge in [0.25, 0.3) is 0 Å². The topological polar surface area (TPSA) is 53.1 Å². The summed E-state index contributed by atoms with van der Waals surface area (Å²) in [4.78, 5) is 30.6. The molecule has 0 saturated carbocycles. The van der Waals surface area contributed by atoms with E-state index >= 15 is 0 Å². The van der Waals surface area contributed by atoms with Crippen LogP contribution in [0, 0.1) is 11.7 Å². The normalized spacial score (nSPS) is 21.9. The molecule has 0 bridgehead atoms. The zero-order valence-electron chi connectivity index (χ0n) is 18.3. The highest BCUT2D eigenvalue weighted by Gasteiger charge is 2.34. The molecule has 1 aromatic carbocycles. The maximum Gasteiger partial charge on any atom is 0.236 e. The highest BCUT2D eigenvalue weighted by atomic mass is 19.1. The van der Waals surface area contributed by atoms with E-state index in [1.807, 2.05) is 15.9 Å². The molecule has 30 heavy (non-hydrogen) atoms. The number of hydrogen-bond acceptors (Lipinski definition) is 4. The first-order valence-electron chi connectivity index (χ1n) is 10.9. The molecule has 0 radical (unpaired) electrons. The molecule has 2 saturated heterocycles. The van der Waals surface area contributed by atoms with Gasteiger partial charge in [0.15, 0.2) is 0 Å². The monoisotopic (exact) mass is 419 g/mol. The van der Waals surface area contributed by atoms with Crippen molar-refractivity contribution >= 4 is 11.8 Å². The van der Waals surface area contributed by atoms with Crippen molar-refractivity contribution in [3.05, 3.63) is 35.6 Å². The van der Waals surface area contributed by atoms with Crippen LogP contribution in [0.5, 0.6) is 0 Å². The summed E-state index contributed by atoms with van der Waals surface area (Å²) in [5.74, 6) is 0.352. The summed E-state index contributed by atoms with van der Waals surface area (Å²) in [5.41, 5.74) is 0.794. The molecule has 3 rings (SSSR count). The number of rotatable bonds is 6. The van der Waals surface area contributed by atoms with E-state index < -0.39 is 0 Å². The van der Waals surface area contributed by atoms with E-state index in [0.717, 1.165) is 31.5 Å². The van der Waals surface area contributed by atoms with Crippen LogP contribution in [-0.4, -0.2) is 77.9 Å². The maximum absolute atomic E-state index is 13.5. The third kappa shape index (κ3) is 6.25. The van der Waals surface area contributed by atoms with Gasteiger partial charge in [-0.25, -0.2) is 4.39 Å². The number of amides is 2. The summed E-state index contributed by atoms with van der Waals surface area (Å²) < 4.78 is 19.7. The molecule has 1 unspecified atom stereocenters. The Hall–Kier alpha value is -1.99. The average molecular weight is 420 g/mol. The minimum atomic E-state index is -0.271. The van der Waals surface area contributed by atoms with Gasteiger partial charge in [-0.05, 0) is 36.5 Å². The zero-order chi connectivity index (χ0) is 21.7. The Balaban J connectivity index is 1.68. The Bertz CT molecular complexity index is 734. The molecule has 7 heteroatoms. The van der Waals surface area contributed by atoms with Crippen LogP contribution < -0.4 is 0 Å². The minimum Gasteiger partial charge on any atom is -0.370 e. The van der Waals surface area contributed by atoms with Crippen molar-refractivity contribution in [3.63, 3.8) is 0 Å². The maximum atomic E-state index is 13.5. The fraction of sp³-hybridized carbons (Fsp3) is 0.652. The minimum absolute atomic E-state index is 0.111. The molecule has 1 aromatic rings. The zero-order valence-corrected chi connectivity index (χ0v) is 18.3. The number of halogens is 1. The van der Waals surface area contributed by atoms with Crippen molar-refractivity contribution in [1.29, 1.82) is 0 Å². The van der Waals surface area contributed by atoms with E-state index in [1.165, 1.54) is 12.1 Å². The van der Waals surface area contributed by atoms with Gasteiger partial charge in [-0.15, -0.1) is 0 Å². The van der Waals surface area contributed by atoms with Crippen molar-refractivity contribution in [2.45, 2.75) is 52.4 Å². The first kappa shape index (κ1) is 22.7. The van der Waals surface area contributed by atoms with Crippen LogP contribution >= 0.6 is 0 Å². The third-order valence-electron chi connectivity index (χ3n) is 5.94. The molecule has 0 spiro atoms. The highest BCUT2D eigenvalue weighted by Crippen LogP contribution is 2.21. The Morgan fingerprint density at radius 2 is 1.97 bits per heavy atom. The molecule has 0 aliphatic carbocycles. The Kier molecular flexibility index (Phi) is 7.83. The highest BCUT2D eigenvalue weighted by molar-refractivity contribution is 5.78. The molecule has 0 aromatic heterocycles. The summed E-state index contributed by atoms with van der Waals surface area (Å²) in [6.07, 6.45) is 1.60. The molecular formula is C23H34FN3O3. The van der Waals surface area contributed by atoms with E-state index in [4.69, 9.17) is 4.74 Å². The Morgan fingerprint density at radius 1 is 1.23 bits per heavy atom. The van der Waals surface area contributed by atoms with Gasteiger partial charge in [-0.2, -0.15) is 0 Å². The largest absolute Gasteiger partial charge is 0.370 e. The smallest absolute Gasteiger partial charge is 0.236 e. The number of carbonyl (C=O) groups is 2. The lowest BCUT2D eigenvalue weighted by atomic mass is 10.0. The van der Waals surface area contributed by atoms with Crippen LogP contribution in [0.25, 0.3) is 0 Å². The summed E-state index contributed by atoms with van der Waals surface area (Å²) in [6, 6.07) is 6.72. The van der Waals surface area contributed by atoms with Crippen molar-refractivity contribution in [1.82, 2.24) is 14.7 Å². The lowest BCUT2D eigenvalue weighted by Crippen LogP contribution is -2.49. The molecule has 2 heterocycles. The Morgan fingerprint density at radius 3 is 2.60 bits per heavy atom. The van der Waals surface area contributed by atoms with Gasteiger partial charge in [0.1, 0.15) is 5.82 Å². The number of benzene rings is 1. The second kappa shape index (κ2) is 10.4. The fourth-order valence-corrected chi connectivity index (χ4v) is 4.39. The molecule has 166 valence electrons. The SMILES string of the molecule is CC(=O)N1CCC(N2CC(=O)N(CC(C)C)CC(OCc3cccc(F)c3)C2)CC1. The third-order valence-corrected chi connectivity index (χ3v) is 5.94. The Labute approximate surface area is 179 Å². The number of carbonyl (C=O) groups excluding carboxylic acids is 2. The average Bonchev–Trinajstić information content (AvgIpc) is 2.85.